The standard InChI is InChI=1S/C14H10N4O2S/c19-13(17-14-8-6-21-7-12(8)18-20-14)11-5-15-9-3-1-2-4-10(9)16-11/h1-5H,6-7H2,(H,17,19). The van der Waals surface area contributed by atoms with Crippen LogP contribution in [0.15, 0.2) is 35.0 Å². The van der Waals surface area contributed by atoms with Gasteiger partial charge in [0.25, 0.3) is 5.91 Å². The lowest BCUT2D eigenvalue weighted by atomic mass is 10.2. The van der Waals surface area contributed by atoms with Crippen molar-refractivity contribution in [3.63, 3.8) is 0 Å². The number of carbonyl (C=O) groups is 1. The number of nitrogens with one attached hydrogen (secondary N) is 1. The summed E-state index contributed by atoms with van der Waals surface area (Å²) in [5.41, 5.74) is 3.56. The SMILES string of the molecule is O=C(Nc1onc2c1CSC2)c1cnc2ccccc2n1. The Morgan fingerprint density at radius 3 is 3.00 bits per heavy atom. The maximum absolute atomic E-state index is 12.2. The van der Waals surface area contributed by atoms with Gasteiger partial charge in [0.15, 0.2) is 0 Å². The van der Waals surface area contributed by atoms with Gasteiger partial charge in [-0.15, -0.1) is 0 Å². The van der Waals surface area contributed by atoms with E-state index in [0.717, 1.165) is 28.3 Å². The first kappa shape index (κ1) is 12.3. The average Bonchev–Trinajstić information content (AvgIpc) is 3.12. The molecule has 7 heteroatoms. The molecule has 1 aliphatic rings. The molecule has 0 bridgehead atoms. The zero-order valence-corrected chi connectivity index (χ0v) is 11.7. The third-order valence-corrected chi connectivity index (χ3v) is 4.23. The Bertz CT molecular complexity index is 846. The summed E-state index contributed by atoms with van der Waals surface area (Å²) in [6, 6.07) is 7.41. The number of thioether (sulfide) groups is 1. The Morgan fingerprint density at radius 1 is 1.24 bits per heavy atom. The molecule has 1 N–H and O–H groups in total. The summed E-state index contributed by atoms with van der Waals surface area (Å²) in [7, 11) is 0. The van der Waals surface area contributed by atoms with Crippen molar-refractivity contribution in [2.45, 2.75) is 11.5 Å². The molecule has 104 valence electrons. The van der Waals surface area contributed by atoms with Crippen molar-refractivity contribution < 1.29 is 9.32 Å². The van der Waals surface area contributed by atoms with Crippen molar-refractivity contribution in [2.75, 3.05) is 5.32 Å². The molecule has 1 aromatic carbocycles. The van der Waals surface area contributed by atoms with Gasteiger partial charge in [-0.25, -0.2) is 4.98 Å². The van der Waals surface area contributed by atoms with Gasteiger partial charge < -0.3 is 4.52 Å². The largest absolute Gasteiger partial charge is 0.338 e. The van der Waals surface area contributed by atoms with Crippen molar-refractivity contribution in [1.29, 1.82) is 0 Å². The first-order valence-corrected chi connectivity index (χ1v) is 7.55. The number of para-hydroxylation sites is 2. The minimum Gasteiger partial charge on any atom is -0.338 e. The molecule has 6 nitrogen and oxygen atoms in total. The number of benzene rings is 1. The second kappa shape index (κ2) is 4.85. The van der Waals surface area contributed by atoms with Gasteiger partial charge in [-0.2, -0.15) is 11.8 Å². The monoisotopic (exact) mass is 298 g/mol. The second-order valence-electron chi connectivity index (χ2n) is 4.63. The van der Waals surface area contributed by atoms with Crippen LogP contribution < -0.4 is 5.32 Å². The number of rotatable bonds is 2. The van der Waals surface area contributed by atoms with Crippen LogP contribution in [0.4, 0.5) is 5.88 Å². The number of amides is 1. The Kier molecular flexibility index (Phi) is 2.85. The zero-order valence-electron chi connectivity index (χ0n) is 10.9. The molecule has 0 spiro atoms. The number of carbonyl (C=O) groups excluding carboxylic acids is 1. The Hall–Kier alpha value is -2.41. The van der Waals surface area contributed by atoms with Gasteiger partial charge in [0.05, 0.1) is 28.5 Å². The van der Waals surface area contributed by atoms with Gasteiger partial charge in [0.1, 0.15) is 5.69 Å². The normalized spacial score (nSPS) is 13.3. The quantitative estimate of drug-likeness (QED) is 0.783. The Morgan fingerprint density at radius 2 is 2.10 bits per heavy atom. The molecule has 0 saturated heterocycles. The fraction of sp³-hybridized carbons (Fsp3) is 0.143. The summed E-state index contributed by atoms with van der Waals surface area (Å²) in [6.07, 6.45) is 1.46. The molecule has 0 unspecified atom stereocenters. The summed E-state index contributed by atoms with van der Waals surface area (Å²) in [5.74, 6) is 1.70. The lowest BCUT2D eigenvalue weighted by Crippen LogP contribution is -2.14. The molecule has 3 heterocycles. The predicted octanol–water partition coefficient (Wildman–Crippen LogP) is 2.62. The van der Waals surface area contributed by atoms with Gasteiger partial charge in [-0.1, -0.05) is 17.3 Å². The highest BCUT2D eigenvalue weighted by Gasteiger charge is 2.23. The van der Waals surface area contributed by atoms with E-state index < -0.39 is 0 Å². The van der Waals surface area contributed by atoms with Crippen LogP contribution in [0, 0.1) is 0 Å². The summed E-state index contributed by atoms with van der Waals surface area (Å²) in [4.78, 5) is 20.8. The molecule has 1 amide bonds. The summed E-state index contributed by atoms with van der Waals surface area (Å²) in [6.45, 7) is 0. The molecule has 0 saturated carbocycles. The third-order valence-electron chi connectivity index (χ3n) is 3.26. The van der Waals surface area contributed by atoms with Crippen LogP contribution in [-0.4, -0.2) is 21.0 Å². The topological polar surface area (TPSA) is 80.9 Å². The molecule has 2 aromatic heterocycles. The van der Waals surface area contributed by atoms with Crippen molar-refractivity contribution in [2.24, 2.45) is 0 Å². The van der Waals surface area contributed by atoms with Crippen molar-refractivity contribution in [1.82, 2.24) is 15.1 Å². The van der Waals surface area contributed by atoms with E-state index in [0.29, 0.717) is 11.4 Å². The minimum atomic E-state index is -0.343. The molecule has 0 atom stereocenters. The molecular weight excluding hydrogens is 288 g/mol. The lowest BCUT2D eigenvalue weighted by Gasteiger charge is -2.03. The zero-order chi connectivity index (χ0) is 14.2. The molecule has 0 radical (unpaired) electrons. The number of nitrogens with zero attached hydrogens (tertiary/aromatic N) is 3. The van der Waals surface area contributed by atoms with E-state index in [9.17, 15) is 4.79 Å². The fourth-order valence-electron chi connectivity index (χ4n) is 2.19. The highest BCUT2D eigenvalue weighted by atomic mass is 32.2. The first-order valence-electron chi connectivity index (χ1n) is 6.39. The van der Waals surface area contributed by atoms with E-state index in [1.165, 1.54) is 6.20 Å². The predicted molar refractivity (Wildman–Crippen MR) is 79.0 cm³/mol. The van der Waals surface area contributed by atoms with Gasteiger partial charge >= 0.3 is 0 Å². The lowest BCUT2D eigenvalue weighted by molar-refractivity contribution is 0.101. The van der Waals surface area contributed by atoms with Crippen LogP contribution in [0.25, 0.3) is 11.0 Å². The smallest absolute Gasteiger partial charge is 0.278 e. The Labute approximate surface area is 123 Å². The van der Waals surface area contributed by atoms with Crippen molar-refractivity contribution in [3.8, 4) is 0 Å². The molecule has 1 aliphatic heterocycles. The maximum atomic E-state index is 12.2. The molecule has 0 fully saturated rings. The van der Waals surface area contributed by atoms with Gasteiger partial charge in [0, 0.05) is 11.5 Å². The van der Waals surface area contributed by atoms with Gasteiger partial charge in [-0.05, 0) is 12.1 Å². The van der Waals surface area contributed by atoms with E-state index in [1.54, 1.807) is 11.8 Å². The van der Waals surface area contributed by atoms with Gasteiger partial charge in [-0.3, -0.25) is 15.1 Å². The van der Waals surface area contributed by atoms with E-state index >= 15 is 0 Å². The Balaban J connectivity index is 1.63. The molecule has 3 aromatic rings. The summed E-state index contributed by atoms with van der Waals surface area (Å²) >= 11 is 1.75. The van der Waals surface area contributed by atoms with Crippen LogP contribution in [-0.2, 0) is 11.5 Å². The highest BCUT2D eigenvalue weighted by Crippen LogP contribution is 2.34. The van der Waals surface area contributed by atoms with Gasteiger partial charge in [0.2, 0.25) is 5.88 Å². The van der Waals surface area contributed by atoms with Crippen LogP contribution in [0.5, 0.6) is 0 Å². The minimum absolute atomic E-state index is 0.254. The number of fused-ring (bicyclic) bond motifs is 2. The molecular formula is C14H10N4O2S. The number of aromatic nitrogens is 3. The molecule has 21 heavy (non-hydrogen) atoms. The number of hydrogen-bond donors (Lipinski definition) is 1. The van der Waals surface area contributed by atoms with E-state index in [4.69, 9.17) is 4.52 Å². The molecule has 4 rings (SSSR count). The summed E-state index contributed by atoms with van der Waals surface area (Å²) < 4.78 is 5.17. The second-order valence-corrected chi connectivity index (χ2v) is 5.61. The summed E-state index contributed by atoms with van der Waals surface area (Å²) in [5, 5.41) is 6.67. The van der Waals surface area contributed by atoms with E-state index in [2.05, 4.69) is 20.4 Å². The number of anilines is 1. The van der Waals surface area contributed by atoms with E-state index in [-0.39, 0.29) is 11.6 Å². The maximum Gasteiger partial charge on any atom is 0.278 e. The number of hydrogen-bond acceptors (Lipinski definition) is 6. The van der Waals surface area contributed by atoms with Crippen LogP contribution in [0.2, 0.25) is 0 Å². The van der Waals surface area contributed by atoms with Crippen molar-refractivity contribution >= 4 is 34.6 Å². The molecule has 0 aliphatic carbocycles. The van der Waals surface area contributed by atoms with Crippen LogP contribution in [0.1, 0.15) is 21.7 Å². The van der Waals surface area contributed by atoms with Crippen LogP contribution >= 0.6 is 11.8 Å². The first-order chi connectivity index (χ1) is 10.3. The highest BCUT2D eigenvalue weighted by molar-refractivity contribution is 7.98. The van der Waals surface area contributed by atoms with Crippen LogP contribution in [0.3, 0.4) is 0 Å². The third kappa shape index (κ3) is 2.15. The average molecular weight is 298 g/mol. The van der Waals surface area contributed by atoms with E-state index in [1.807, 2.05) is 24.3 Å². The fourth-order valence-corrected chi connectivity index (χ4v) is 3.21. The van der Waals surface area contributed by atoms with Crippen molar-refractivity contribution in [3.05, 3.63) is 47.4 Å².